The molecule has 50 valence electrons. The third-order valence-electron chi connectivity index (χ3n) is 0.960. The largest absolute Gasteiger partial charge is 0.300 e. The summed E-state index contributed by atoms with van der Waals surface area (Å²) < 4.78 is 0. The maximum atomic E-state index is 5.12. The molecule has 0 heterocycles. The third kappa shape index (κ3) is 5.13. The first kappa shape index (κ1) is 8.26. The van der Waals surface area contributed by atoms with Crippen molar-refractivity contribution in [2.24, 2.45) is 0 Å². The lowest BCUT2D eigenvalue weighted by molar-refractivity contribution is 0.689. The first-order valence-electron chi connectivity index (χ1n) is 3.00. The van der Waals surface area contributed by atoms with E-state index in [-0.39, 0.29) is 6.04 Å². The van der Waals surface area contributed by atoms with Crippen LogP contribution < -0.4 is 5.32 Å². The SMILES string of the molecule is C#CC(C)NCC(=C)C. The molecule has 0 rings (SSSR count). The standard InChI is InChI=1S/C8H13N/c1-5-8(4)9-6-7(2)3/h1,8-9H,2,6H2,3-4H3. The molecular formula is C8H13N. The minimum atomic E-state index is 0.154. The second-order valence-corrected chi connectivity index (χ2v) is 2.23. The highest BCUT2D eigenvalue weighted by molar-refractivity contribution is 4.99. The van der Waals surface area contributed by atoms with E-state index in [0.717, 1.165) is 12.1 Å². The lowest BCUT2D eigenvalue weighted by Crippen LogP contribution is -2.25. The van der Waals surface area contributed by atoms with Gasteiger partial charge in [-0.05, 0) is 13.8 Å². The first-order valence-corrected chi connectivity index (χ1v) is 3.00. The van der Waals surface area contributed by atoms with Gasteiger partial charge in [0.2, 0.25) is 0 Å². The van der Waals surface area contributed by atoms with Crippen LogP contribution in [0, 0.1) is 12.3 Å². The Balaban J connectivity index is 3.30. The smallest absolute Gasteiger partial charge is 0.0660 e. The van der Waals surface area contributed by atoms with Gasteiger partial charge in [0.25, 0.3) is 0 Å². The topological polar surface area (TPSA) is 12.0 Å². The van der Waals surface area contributed by atoms with Crippen LogP contribution in [0.1, 0.15) is 13.8 Å². The average molecular weight is 123 g/mol. The van der Waals surface area contributed by atoms with E-state index in [1.165, 1.54) is 0 Å². The van der Waals surface area contributed by atoms with Gasteiger partial charge in [-0.3, -0.25) is 0 Å². The molecular weight excluding hydrogens is 110 g/mol. The molecule has 1 heteroatoms. The molecule has 0 aliphatic rings. The molecule has 0 saturated carbocycles. The van der Waals surface area contributed by atoms with Crippen LogP contribution in [0.5, 0.6) is 0 Å². The molecule has 0 saturated heterocycles. The predicted molar refractivity (Wildman–Crippen MR) is 41.1 cm³/mol. The van der Waals surface area contributed by atoms with E-state index < -0.39 is 0 Å². The van der Waals surface area contributed by atoms with Crippen molar-refractivity contribution < 1.29 is 0 Å². The molecule has 0 aliphatic heterocycles. The third-order valence-corrected chi connectivity index (χ3v) is 0.960. The van der Waals surface area contributed by atoms with E-state index in [2.05, 4.69) is 17.8 Å². The van der Waals surface area contributed by atoms with Gasteiger partial charge >= 0.3 is 0 Å². The van der Waals surface area contributed by atoms with Crippen molar-refractivity contribution in [2.45, 2.75) is 19.9 Å². The Morgan fingerprint density at radius 3 is 2.78 bits per heavy atom. The van der Waals surface area contributed by atoms with Crippen LogP contribution in [0.3, 0.4) is 0 Å². The van der Waals surface area contributed by atoms with Crippen molar-refractivity contribution >= 4 is 0 Å². The van der Waals surface area contributed by atoms with E-state index in [1.807, 2.05) is 13.8 Å². The number of rotatable bonds is 3. The highest BCUT2D eigenvalue weighted by Crippen LogP contribution is 1.83. The summed E-state index contributed by atoms with van der Waals surface area (Å²) >= 11 is 0. The second-order valence-electron chi connectivity index (χ2n) is 2.23. The van der Waals surface area contributed by atoms with Gasteiger partial charge in [0.15, 0.2) is 0 Å². The van der Waals surface area contributed by atoms with Gasteiger partial charge < -0.3 is 5.32 Å². The molecule has 0 aromatic heterocycles. The number of terminal acetylenes is 1. The summed E-state index contributed by atoms with van der Waals surface area (Å²) in [5.74, 6) is 2.57. The molecule has 9 heavy (non-hydrogen) atoms. The summed E-state index contributed by atoms with van der Waals surface area (Å²) in [5, 5.41) is 3.10. The minimum Gasteiger partial charge on any atom is -0.300 e. The highest BCUT2D eigenvalue weighted by Gasteiger charge is 1.91. The minimum absolute atomic E-state index is 0.154. The molecule has 0 radical (unpaired) electrons. The summed E-state index contributed by atoms with van der Waals surface area (Å²) in [6, 6.07) is 0.154. The molecule has 1 nitrogen and oxygen atoms in total. The Bertz CT molecular complexity index is 130. The summed E-state index contributed by atoms with van der Waals surface area (Å²) in [6.07, 6.45) is 5.12. The van der Waals surface area contributed by atoms with E-state index >= 15 is 0 Å². The molecule has 0 spiro atoms. The van der Waals surface area contributed by atoms with Crippen LogP contribution in [0.25, 0.3) is 0 Å². The number of nitrogens with one attached hydrogen (secondary N) is 1. The summed E-state index contributed by atoms with van der Waals surface area (Å²) in [6.45, 7) is 8.46. The monoisotopic (exact) mass is 123 g/mol. The van der Waals surface area contributed by atoms with E-state index in [9.17, 15) is 0 Å². The van der Waals surface area contributed by atoms with E-state index in [0.29, 0.717) is 0 Å². The highest BCUT2D eigenvalue weighted by atomic mass is 14.9. The summed E-state index contributed by atoms with van der Waals surface area (Å²) in [4.78, 5) is 0. The van der Waals surface area contributed by atoms with Crippen LogP contribution in [-0.4, -0.2) is 12.6 Å². The van der Waals surface area contributed by atoms with E-state index in [4.69, 9.17) is 6.42 Å². The molecule has 0 amide bonds. The predicted octanol–water partition coefficient (Wildman–Crippen LogP) is 1.17. The molecule has 0 bridgehead atoms. The zero-order chi connectivity index (χ0) is 7.28. The van der Waals surface area contributed by atoms with Gasteiger partial charge in [-0.25, -0.2) is 0 Å². The zero-order valence-corrected chi connectivity index (χ0v) is 6.07. The van der Waals surface area contributed by atoms with Gasteiger partial charge in [0.1, 0.15) is 0 Å². The lowest BCUT2D eigenvalue weighted by Gasteiger charge is -2.05. The average Bonchev–Trinajstić information content (AvgIpc) is 1.83. The summed E-state index contributed by atoms with van der Waals surface area (Å²) in [7, 11) is 0. The lowest BCUT2D eigenvalue weighted by atomic mass is 10.3. The van der Waals surface area contributed by atoms with Crippen LogP contribution in [-0.2, 0) is 0 Å². The van der Waals surface area contributed by atoms with Crippen LogP contribution in [0.15, 0.2) is 12.2 Å². The number of hydrogen-bond donors (Lipinski definition) is 1. The fourth-order valence-corrected chi connectivity index (χ4v) is 0.386. The van der Waals surface area contributed by atoms with Crippen LogP contribution in [0.4, 0.5) is 0 Å². The van der Waals surface area contributed by atoms with Crippen molar-refractivity contribution in [2.75, 3.05) is 6.54 Å². The Labute approximate surface area is 57.2 Å². The fraction of sp³-hybridized carbons (Fsp3) is 0.500. The van der Waals surface area contributed by atoms with Crippen molar-refractivity contribution in [3.63, 3.8) is 0 Å². The van der Waals surface area contributed by atoms with Gasteiger partial charge in [0.05, 0.1) is 6.04 Å². The van der Waals surface area contributed by atoms with Crippen molar-refractivity contribution in [1.29, 1.82) is 0 Å². The Kier molecular flexibility index (Phi) is 3.83. The maximum Gasteiger partial charge on any atom is 0.0660 e. The quantitative estimate of drug-likeness (QED) is 0.439. The van der Waals surface area contributed by atoms with Crippen molar-refractivity contribution in [3.8, 4) is 12.3 Å². The van der Waals surface area contributed by atoms with Gasteiger partial charge in [-0.15, -0.1) is 6.42 Å². The molecule has 0 aliphatic carbocycles. The summed E-state index contributed by atoms with van der Waals surface area (Å²) in [5.41, 5.74) is 1.11. The molecule has 1 N–H and O–H groups in total. The van der Waals surface area contributed by atoms with Gasteiger partial charge in [-0.1, -0.05) is 18.1 Å². The molecule has 0 fully saturated rings. The Morgan fingerprint density at radius 2 is 2.44 bits per heavy atom. The van der Waals surface area contributed by atoms with Gasteiger partial charge in [0, 0.05) is 6.54 Å². The van der Waals surface area contributed by atoms with E-state index in [1.54, 1.807) is 0 Å². The van der Waals surface area contributed by atoms with Crippen LogP contribution >= 0.6 is 0 Å². The molecule has 0 aromatic rings. The van der Waals surface area contributed by atoms with Crippen LogP contribution in [0.2, 0.25) is 0 Å². The van der Waals surface area contributed by atoms with Gasteiger partial charge in [-0.2, -0.15) is 0 Å². The fourth-order valence-electron chi connectivity index (χ4n) is 0.386. The van der Waals surface area contributed by atoms with Crippen molar-refractivity contribution in [3.05, 3.63) is 12.2 Å². The normalized spacial score (nSPS) is 12.1. The Hall–Kier alpha value is -0.740. The molecule has 0 aromatic carbocycles. The number of hydrogen-bond acceptors (Lipinski definition) is 1. The molecule has 1 atom stereocenters. The maximum absolute atomic E-state index is 5.12. The second kappa shape index (κ2) is 4.17. The zero-order valence-electron chi connectivity index (χ0n) is 6.07. The van der Waals surface area contributed by atoms with Crippen molar-refractivity contribution in [1.82, 2.24) is 5.32 Å². The molecule has 1 unspecified atom stereocenters. The Morgan fingerprint density at radius 1 is 1.89 bits per heavy atom. The first-order chi connectivity index (χ1) is 4.16.